The second-order valence-corrected chi connectivity index (χ2v) is 6.70. The lowest BCUT2D eigenvalue weighted by Gasteiger charge is -2.22. The number of ether oxygens (including phenoxy) is 1. The first-order chi connectivity index (χ1) is 10.0. The standard InChI is InChI=1S/C14H19ClN2O3S/c1-3-20-14(19)9(2)17-7-6-10(8-17)16-13(18)11-4-5-12(15)21-11/h4-5,9-10H,3,6-8H2,1-2H3,(H,16,18). The summed E-state index contributed by atoms with van der Waals surface area (Å²) in [5, 5.41) is 2.98. The number of nitrogens with zero attached hydrogens (tertiary/aromatic N) is 1. The lowest BCUT2D eigenvalue weighted by molar-refractivity contribution is -0.148. The highest BCUT2D eigenvalue weighted by Crippen LogP contribution is 2.22. The van der Waals surface area contributed by atoms with Crippen molar-refractivity contribution in [3.8, 4) is 0 Å². The number of carbonyl (C=O) groups excluding carboxylic acids is 2. The SMILES string of the molecule is CCOC(=O)C(C)N1CCC(NC(=O)c2ccc(Cl)s2)C1. The third-order valence-electron chi connectivity index (χ3n) is 3.53. The van der Waals surface area contributed by atoms with E-state index in [1.165, 1.54) is 11.3 Å². The number of thiophene rings is 1. The molecular formula is C14H19ClN2O3S. The van der Waals surface area contributed by atoms with Gasteiger partial charge in [0.15, 0.2) is 0 Å². The normalized spacial score (nSPS) is 20.2. The first kappa shape index (κ1) is 16.3. The Hall–Kier alpha value is -1.11. The van der Waals surface area contributed by atoms with Crippen LogP contribution in [0.5, 0.6) is 0 Å². The van der Waals surface area contributed by atoms with E-state index in [0.717, 1.165) is 13.0 Å². The molecule has 1 saturated heterocycles. The molecule has 0 saturated carbocycles. The largest absolute Gasteiger partial charge is 0.465 e. The van der Waals surface area contributed by atoms with Crippen LogP contribution in [0.1, 0.15) is 29.9 Å². The minimum Gasteiger partial charge on any atom is -0.465 e. The number of hydrogen-bond acceptors (Lipinski definition) is 5. The first-order valence-corrected chi connectivity index (χ1v) is 8.17. The van der Waals surface area contributed by atoms with E-state index in [2.05, 4.69) is 5.32 Å². The molecule has 1 N–H and O–H groups in total. The molecule has 0 radical (unpaired) electrons. The van der Waals surface area contributed by atoms with Crippen molar-refractivity contribution in [1.82, 2.24) is 10.2 Å². The summed E-state index contributed by atoms with van der Waals surface area (Å²) >= 11 is 7.09. The van der Waals surface area contributed by atoms with Crippen molar-refractivity contribution < 1.29 is 14.3 Å². The second kappa shape index (κ2) is 7.24. The maximum atomic E-state index is 12.1. The van der Waals surface area contributed by atoms with Crippen LogP contribution in [0.25, 0.3) is 0 Å². The van der Waals surface area contributed by atoms with Crippen LogP contribution in [-0.4, -0.2) is 48.6 Å². The van der Waals surface area contributed by atoms with E-state index >= 15 is 0 Å². The fraction of sp³-hybridized carbons (Fsp3) is 0.571. The van der Waals surface area contributed by atoms with E-state index in [9.17, 15) is 9.59 Å². The van der Waals surface area contributed by atoms with Crippen molar-refractivity contribution in [3.05, 3.63) is 21.3 Å². The fourth-order valence-electron chi connectivity index (χ4n) is 2.36. The maximum Gasteiger partial charge on any atom is 0.323 e. The molecule has 2 heterocycles. The third-order valence-corrected chi connectivity index (χ3v) is 4.76. The van der Waals surface area contributed by atoms with Crippen molar-refractivity contribution in [3.63, 3.8) is 0 Å². The van der Waals surface area contributed by atoms with Gasteiger partial charge in [-0.2, -0.15) is 0 Å². The van der Waals surface area contributed by atoms with Gasteiger partial charge in [-0.3, -0.25) is 14.5 Å². The summed E-state index contributed by atoms with van der Waals surface area (Å²) in [5.74, 6) is -0.322. The van der Waals surface area contributed by atoms with Gasteiger partial charge >= 0.3 is 5.97 Å². The molecule has 7 heteroatoms. The highest BCUT2D eigenvalue weighted by molar-refractivity contribution is 7.17. The van der Waals surface area contributed by atoms with Crippen LogP contribution < -0.4 is 5.32 Å². The summed E-state index contributed by atoms with van der Waals surface area (Å²) in [6.07, 6.45) is 0.828. The van der Waals surface area contributed by atoms with Gasteiger partial charge in [-0.1, -0.05) is 11.6 Å². The summed E-state index contributed by atoms with van der Waals surface area (Å²) in [6.45, 7) is 5.45. The van der Waals surface area contributed by atoms with Gasteiger partial charge in [0.2, 0.25) is 0 Å². The Balaban J connectivity index is 1.85. The summed E-state index contributed by atoms with van der Waals surface area (Å²) in [6, 6.07) is 3.21. The van der Waals surface area contributed by atoms with E-state index in [0.29, 0.717) is 22.4 Å². The molecule has 2 unspecified atom stereocenters. The Morgan fingerprint density at radius 3 is 2.95 bits per heavy atom. The molecule has 2 rings (SSSR count). The average Bonchev–Trinajstić information content (AvgIpc) is 3.07. The van der Waals surface area contributed by atoms with Crippen molar-refractivity contribution in [2.75, 3.05) is 19.7 Å². The van der Waals surface area contributed by atoms with Gasteiger partial charge in [0.1, 0.15) is 6.04 Å². The zero-order valence-corrected chi connectivity index (χ0v) is 13.7. The van der Waals surface area contributed by atoms with Crippen molar-refractivity contribution in [1.29, 1.82) is 0 Å². The van der Waals surface area contributed by atoms with Gasteiger partial charge in [-0.25, -0.2) is 0 Å². The molecule has 1 fully saturated rings. The summed E-state index contributed by atoms with van der Waals surface area (Å²) < 4.78 is 5.62. The molecule has 5 nitrogen and oxygen atoms in total. The zero-order valence-electron chi connectivity index (χ0n) is 12.1. The van der Waals surface area contributed by atoms with Crippen molar-refractivity contribution >= 4 is 34.8 Å². The molecule has 2 atom stereocenters. The molecule has 1 aromatic rings. The average molecular weight is 331 g/mol. The van der Waals surface area contributed by atoms with E-state index in [-0.39, 0.29) is 24.0 Å². The van der Waals surface area contributed by atoms with Crippen molar-refractivity contribution in [2.45, 2.75) is 32.4 Å². The minimum absolute atomic E-state index is 0.0512. The van der Waals surface area contributed by atoms with E-state index in [1.807, 2.05) is 11.8 Å². The number of hydrogen-bond donors (Lipinski definition) is 1. The van der Waals surface area contributed by atoms with Gasteiger partial charge < -0.3 is 10.1 Å². The Morgan fingerprint density at radius 1 is 1.57 bits per heavy atom. The molecule has 1 aliphatic rings. The third kappa shape index (κ3) is 4.18. The molecular weight excluding hydrogens is 312 g/mol. The van der Waals surface area contributed by atoms with E-state index < -0.39 is 0 Å². The summed E-state index contributed by atoms with van der Waals surface area (Å²) in [4.78, 5) is 26.4. The van der Waals surface area contributed by atoms with Crippen LogP contribution in [0, 0.1) is 0 Å². The van der Waals surface area contributed by atoms with E-state index in [4.69, 9.17) is 16.3 Å². The Bertz CT molecular complexity index is 520. The fourth-order valence-corrected chi connectivity index (χ4v) is 3.31. The zero-order chi connectivity index (χ0) is 15.4. The summed E-state index contributed by atoms with van der Waals surface area (Å²) in [7, 11) is 0. The molecule has 1 amide bonds. The van der Waals surface area contributed by atoms with Crippen LogP contribution in [-0.2, 0) is 9.53 Å². The number of nitrogens with one attached hydrogen (secondary N) is 1. The molecule has 1 aliphatic heterocycles. The Kier molecular flexibility index (Phi) is 5.61. The number of likely N-dealkylation sites (tertiary alicyclic amines) is 1. The lowest BCUT2D eigenvalue weighted by Crippen LogP contribution is -2.42. The second-order valence-electron chi connectivity index (χ2n) is 4.99. The smallest absolute Gasteiger partial charge is 0.323 e. The van der Waals surface area contributed by atoms with Gasteiger partial charge in [0.25, 0.3) is 5.91 Å². The van der Waals surface area contributed by atoms with Gasteiger partial charge in [0, 0.05) is 19.1 Å². The van der Waals surface area contributed by atoms with Crippen LogP contribution in [0.3, 0.4) is 0 Å². The Morgan fingerprint density at radius 2 is 2.33 bits per heavy atom. The van der Waals surface area contributed by atoms with Crippen LogP contribution >= 0.6 is 22.9 Å². The number of halogens is 1. The van der Waals surface area contributed by atoms with Crippen LogP contribution in [0.15, 0.2) is 12.1 Å². The highest BCUT2D eigenvalue weighted by atomic mass is 35.5. The van der Waals surface area contributed by atoms with Crippen LogP contribution in [0.2, 0.25) is 4.34 Å². The number of carbonyl (C=O) groups is 2. The monoisotopic (exact) mass is 330 g/mol. The predicted octanol–water partition coefficient (Wildman–Crippen LogP) is 2.16. The number of rotatable bonds is 5. The Labute approximate surface area is 133 Å². The molecule has 0 aliphatic carbocycles. The van der Waals surface area contributed by atoms with E-state index in [1.54, 1.807) is 19.1 Å². The summed E-state index contributed by atoms with van der Waals surface area (Å²) in [5.41, 5.74) is 0. The quantitative estimate of drug-likeness (QED) is 0.840. The van der Waals surface area contributed by atoms with Crippen molar-refractivity contribution in [2.24, 2.45) is 0 Å². The van der Waals surface area contributed by atoms with Gasteiger partial charge in [-0.05, 0) is 32.4 Å². The molecule has 116 valence electrons. The van der Waals surface area contributed by atoms with Gasteiger partial charge in [0.05, 0.1) is 15.8 Å². The number of esters is 1. The lowest BCUT2D eigenvalue weighted by atomic mass is 10.2. The number of amides is 1. The predicted molar refractivity (Wildman–Crippen MR) is 82.9 cm³/mol. The highest BCUT2D eigenvalue weighted by Gasteiger charge is 2.31. The molecule has 21 heavy (non-hydrogen) atoms. The molecule has 1 aromatic heterocycles. The molecule has 0 bridgehead atoms. The molecule has 0 aromatic carbocycles. The van der Waals surface area contributed by atoms with Crippen LogP contribution in [0.4, 0.5) is 0 Å². The first-order valence-electron chi connectivity index (χ1n) is 6.98. The van der Waals surface area contributed by atoms with Gasteiger partial charge in [-0.15, -0.1) is 11.3 Å². The molecule has 0 spiro atoms. The minimum atomic E-state index is -0.275. The maximum absolute atomic E-state index is 12.1. The topological polar surface area (TPSA) is 58.6 Å².